The monoisotopic (exact) mass is 562 g/mol. The number of pyridine rings is 2. The highest BCUT2D eigenvalue weighted by molar-refractivity contribution is 6.13. The Morgan fingerprint density at radius 2 is 0.773 bits per heavy atom. The first-order chi connectivity index (χ1) is 21.8. The van der Waals surface area contributed by atoms with Crippen molar-refractivity contribution in [2.75, 3.05) is 0 Å². The summed E-state index contributed by atoms with van der Waals surface area (Å²) in [7, 11) is 0. The van der Waals surface area contributed by atoms with Crippen LogP contribution in [0.25, 0.3) is 77.7 Å². The molecular formula is C40H26N4. The van der Waals surface area contributed by atoms with Gasteiger partial charge in [-0.1, -0.05) is 97.1 Å². The zero-order chi connectivity index (χ0) is 29.3. The smallest absolute Gasteiger partial charge is 0.161 e. The normalized spacial score (nSPS) is 11.2. The molecule has 0 saturated heterocycles. The Morgan fingerprint density at radius 3 is 1.32 bits per heavy atom. The highest BCUT2D eigenvalue weighted by Gasteiger charge is 2.15. The van der Waals surface area contributed by atoms with E-state index in [1.807, 2.05) is 49.1 Å². The minimum atomic E-state index is 0.705. The molecule has 3 heterocycles. The fourth-order valence-electron chi connectivity index (χ4n) is 5.86. The van der Waals surface area contributed by atoms with Crippen molar-refractivity contribution in [3.8, 4) is 56.2 Å². The predicted octanol–water partition coefficient (Wildman–Crippen LogP) is 9.91. The van der Waals surface area contributed by atoms with Crippen LogP contribution in [0.2, 0.25) is 0 Å². The summed E-state index contributed by atoms with van der Waals surface area (Å²) in [6, 6.07) is 46.6. The molecule has 5 aromatic carbocycles. The Labute approximate surface area is 255 Å². The first-order valence-electron chi connectivity index (χ1n) is 14.6. The molecule has 0 amide bonds. The number of benzene rings is 5. The van der Waals surface area contributed by atoms with Gasteiger partial charge in [0.15, 0.2) is 5.82 Å². The van der Waals surface area contributed by atoms with Crippen molar-refractivity contribution in [1.82, 2.24) is 19.9 Å². The van der Waals surface area contributed by atoms with Gasteiger partial charge in [0, 0.05) is 41.5 Å². The Bertz CT molecular complexity index is 2140. The Hall–Kier alpha value is -6.00. The van der Waals surface area contributed by atoms with Crippen LogP contribution in [0, 0.1) is 0 Å². The fraction of sp³-hybridized carbons (Fsp3) is 0. The fourth-order valence-corrected chi connectivity index (χ4v) is 5.86. The SMILES string of the molecule is c1ccc2c(c1)cc(-c1nc(-c3ccc(-c4ccncc4)cc3)cc(-c3ccc(-c4ccncc4)cc3)n1)c1ccccc12. The zero-order valence-electron chi connectivity index (χ0n) is 23.8. The van der Waals surface area contributed by atoms with E-state index in [2.05, 4.69) is 119 Å². The van der Waals surface area contributed by atoms with Gasteiger partial charge in [-0.3, -0.25) is 9.97 Å². The quantitative estimate of drug-likeness (QED) is 0.196. The first-order valence-corrected chi connectivity index (χ1v) is 14.6. The van der Waals surface area contributed by atoms with E-state index >= 15 is 0 Å². The Balaban J connectivity index is 1.30. The molecule has 0 aliphatic carbocycles. The maximum atomic E-state index is 5.20. The summed E-state index contributed by atoms with van der Waals surface area (Å²) < 4.78 is 0. The summed E-state index contributed by atoms with van der Waals surface area (Å²) in [5.74, 6) is 0.705. The largest absolute Gasteiger partial charge is 0.265 e. The molecule has 206 valence electrons. The maximum absolute atomic E-state index is 5.20. The van der Waals surface area contributed by atoms with E-state index in [4.69, 9.17) is 9.97 Å². The molecule has 8 aromatic rings. The van der Waals surface area contributed by atoms with E-state index in [9.17, 15) is 0 Å². The molecule has 0 bridgehead atoms. The van der Waals surface area contributed by atoms with Crippen molar-refractivity contribution in [2.24, 2.45) is 0 Å². The summed E-state index contributed by atoms with van der Waals surface area (Å²) in [5, 5.41) is 4.72. The van der Waals surface area contributed by atoms with Gasteiger partial charge in [-0.05, 0) is 80.2 Å². The molecule has 0 aliphatic heterocycles. The van der Waals surface area contributed by atoms with E-state index in [0.29, 0.717) is 5.82 Å². The van der Waals surface area contributed by atoms with Gasteiger partial charge < -0.3 is 0 Å². The van der Waals surface area contributed by atoms with Gasteiger partial charge in [-0.2, -0.15) is 0 Å². The Kier molecular flexibility index (Phi) is 6.43. The molecule has 0 spiro atoms. The predicted molar refractivity (Wildman–Crippen MR) is 180 cm³/mol. The van der Waals surface area contributed by atoms with E-state index in [0.717, 1.165) is 55.7 Å². The van der Waals surface area contributed by atoms with Crippen LogP contribution in [0.4, 0.5) is 0 Å². The second-order valence-corrected chi connectivity index (χ2v) is 10.8. The van der Waals surface area contributed by atoms with Crippen LogP contribution < -0.4 is 0 Å². The van der Waals surface area contributed by atoms with Crippen molar-refractivity contribution in [2.45, 2.75) is 0 Å². The number of aromatic nitrogens is 4. The molecule has 0 N–H and O–H groups in total. The minimum Gasteiger partial charge on any atom is -0.265 e. The van der Waals surface area contributed by atoms with Crippen LogP contribution in [0.3, 0.4) is 0 Å². The van der Waals surface area contributed by atoms with E-state index in [1.54, 1.807) is 0 Å². The van der Waals surface area contributed by atoms with E-state index in [1.165, 1.54) is 16.2 Å². The van der Waals surface area contributed by atoms with Crippen LogP contribution in [-0.4, -0.2) is 19.9 Å². The molecule has 0 aliphatic rings. The topological polar surface area (TPSA) is 51.6 Å². The average molecular weight is 563 g/mol. The molecule has 8 rings (SSSR count). The van der Waals surface area contributed by atoms with Crippen molar-refractivity contribution < 1.29 is 0 Å². The third-order valence-corrected chi connectivity index (χ3v) is 8.12. The standard InChI is InChI=1S/C40H26N4/c1-2-6-34-33(5-1)25-37(36-8-4-3-7-35(34)36)40-43-38(31-13-9-27(10-14-31)29-17-21-41-22-18-29)26-39(44-40)32-15-11-28(12-16-32)30-19-23-42-24-20-30/h1-26H. The highest BCUT2D eigenvalue weighted by atomic mass is 14.9. The number of nitrogens with zero attached hydrogens (tertiary/aromatic N) is 4. The lowest BCUT2D eigenvalue weighted by atomic mass is 9.96. The molecule has 4 heteroatoms. The molecule has 3 aromatic heterocycles. The van der Waals surface area contributed by atoms with Crippen LogP contribution in [0.15, 0.2) is 158 Å². The summed E-state index contributed by atoms with van der Waals surface area (Å²) in [6.07, 6.45) is 7.28. The molecular weight excluding hydrogens is 536 g/mol. The first kappa shape index (κ1) is 25.7. The number of hydrogen-bond donors (Lipinski definition) is 0. The lowest BCUT2D eigenvalue weighted by Crippen LogP contribution is -1.97. The van der Waals surface area contributed by atoms with Crippen LogP contribution in [0.5, 0.6) is 0 Å². The molecule has 0 fully saturated rings. The molecule has 4 nitrogen and oxygen atoms in total. The molecule has 0 saturated carbocycles. The lowest BCUT2D eigenvalue weighted by molar-refractivity contribution is 1.19. The number of fused-ring (bicyclic) bond motifs is 3. The van der Waals surface area contributed by atoms with Crippen molar-refractivity contribution >= 4 is 21.5 Å². The van der Waals surface area contributed by atoms with Crippen LogP contribution >= 0.6 is 0 Å². The van der Waals surface area contributed by atoms with E-state index in [-0.39, 0.29) is 0 Å². The average Bonchev–Trinajstić information content (AvgIpc) is 3.12. The van der Waals surface area contributed by atoms with E-state index < -0.39 is 0 Å². The van der Waals surface area contributed by atoms with Crippen LogP contribution in [-0.2, 0) is 0 Å². The third kappa shape index (κ3) is 4.79. The summed E-state index contributed by atoms with van der Waals surface area (Å²) in [6.45, 7) is 0. The van der Waals surface area contributed by atoms with Crippen molar-refractivity contribution in [3.63, 3.8) is 0 Å². The summed E-state index contributed by atoms with van der Waals surface area (Å²) >= 11 is 0. The summed E-state index contributed by atoms with van der Waals surface area (Å²) in [4.78, 5) is 18.7. The van der Waals surface area contributed by atoms with Gasteiger partial charge in [0.25, 0.3) is 0 Å². The van der Waals surface area contributed by atoms with Crippen molar-refractivity contribution in [3.05, 3.63) is 158 Å². The second-order valence-electron chi connectivity index (χ2n) is 10.8. The number of hydrogen-bond acceptors (Lipinski definition) is 4. The molecule has 0 unspecified atom stereocenters. The van der Waals surface area contributed by atoms with Gasteiger partial charge in [0.2, 0.25) is 0 Å². The van der Waals surface area contributed by atoms with Crippen LogP contribution in [0.1, 0.15) is 0 Å². The zero-order valence-corrected chi connectivity index (χ0v) is 23.8. The molecule has 0 radical (unpaired) electrons. The van der Waals surface area contributed by atoms with Gasteiger partial charge in [-0.15, -0.1) is 0 Å². The van der Waals surface area contributed by atoms with Gasteiger partial charge in [0.05, 0.1) is 11.4 Å². The van der Waals surface area contributed by atoms with Crippen molar-refractivity contribution in [1.29, 1.82) is 0 Å². The molecule has 0 atom stereocenters. The second kappa shape index (κ2) is 11.0. The van der Waals surface area contributed by atoms with Gasteiger partial charge >= 0.3 is 0 Å². The third-order valence-electron chi connectivity index (χ3n) is 8.12. The minimum absolute atomic E-state index is 0.705. The maximum Gasteiger partial charge on any atom is 0.161 e. The Morgan fingerprint density at radius 1 is 0.341 bits per heavy atom. The summed E-state index contributed by atoms with van der Waals surface area (Å²) in [5.41, 5.74) is 9.38. The highest BCUT2D eigenvalue weighted by Crippen LogP contribution is 2.36. The lowest BCUT2D eigenvalue weighted by Gasteiger charge is -2.13. The number of rotatable bonds is 5. The molecule has 44 heavy (non-hydrogen) atoms. The van der Waals surface area contributed by atoms with Gasteiger partial charge in [-0.25, -0.2) is 9.97 Å². The van der Waals surface area contributed by atoms with Gasteiger partial charge in [0.1, 0.15) is 0 Å².